The molecule has 0 bridgehead atoms. The molecule has 0 aliphatic heterocycles. The Labute approximate surface area is 116 Å². The van der Waals surface area contributed by atoms with Crippen LogP contribution in [0.15, 0.2) is 18.2 Å². The minimum Gasteiger partial charge on any atom is -0.480 e. The van der Waals surface area contributed by atoms with Gasteiger partial charge in [-0.2, -0.15) is 0 Å². The number of aryl methyl sites for hydroxylation is 1. The number of hydrogen-bond acceptors (Lipinski definition) is 3. The topological polar surface area (TPSA) is 75.6 Å². The molecule has 1 rings (SSSR count). The van der Waals surface area contributed by atoms with E-state index in [0.717, 1.165) is 5.56 Å². The van der Waals surface area contributed by atoms with Gasteiger partial charge in [-0.3, -0.25) is 4.79 Å². The van der Waals surface area contributed by atoms with Crippen LogP contribution in [0, 0.1) is 6.92 Å². The van der Waals surface area contributed by atoms with Gasteiger partial charge in [0.25, 0.3) is 5.91 Å². The third-order valence-electron chi connectivity index (χ3n) is 2.58. The summed E-state index contributed by atoms with van der Waals surface area (Å²) in [5, 5.41) is 11.7. The molecule has 0 aromatic heterocycles. The molecule has 0 aliphatic rings. The van der Waals surface area contributed by atoms with Gasteiger partial charge in [-0.05, 0) is 24.6 Å². The maximum Gasteiger partial charge on any atom is 0.326 e. The number of carboxylic acid groups (broad SMARTS) is 1. The Morgan fingerprint density at radius 1 is 1.47 bits per heavy atom. The van der Waals surface area contributed by atoms with Crippen molar-refractivity contribution in [1.29, 1.82) is 0 Å². The van der Waals surface area contributed by atoms with Gasteiger partial charge in [0.15, 0.2) is 0 Å². The van der Waals surface area contributed by atoms with E-state index >= 15 is 0 Å². The van der Waals surface area contributed by atoms with Crippen LogP contribution in [-0.4, -0.2) is 36.7 Å². The molecule has 0 heterocycles. The molecular formula is C13H16ClNO4. The third-order valence-corrected chi connectivity index (χ3v) is 2.90. The van der Waals surface area contributed by atoms with Crippen LogP contribution < -0.4 is 5.32 Å². The number of carboxylic acids is 1. The second kappa shape index (κ2) is 7.11. The highest BCUT2D eigenvalue weighted by molar-refractivity contribution is 6.33. The number of nitrogens with one attached hydrogen (secondary N) is 1. The second-order valence-corrected chi connectivity index (χ2v) is 4.54. The Balaban J connectivity index is 2.78. The zero-order valence-electron chi connectivity index (χ0n) is 10.8. The molecule has 1 aromatic carbocycles. The minimum atomic E-state index is -1.10. The van der Waals surface area contributed by atoms with Crippen molar-refractivity contribution in [3.05, 3.63) is 34.3 Å². The van der Waals surface area contributed by atoms with Crippen molar-refractivity contribution in [2.45, 2.75) is 19.4 Å². The molecule has 19 heavy (non-hydrogen) atoms. The highest BCUT2D eigenvalue weighted by Crippen LogP contribution is 2.17. The fourth-order valence-corrected chi connectivity index (χ4v) is 1.85. The predicted molar refractivity (Wildman–Crippen MR) is 71.6 cm³/mol. The lowest BCUT2D eigenvalue weighted by atomic mass is 10.1. The largest absolute Gasteiger partial charge is 0.480 e. The van der Waals surface area contributed by atoms with E-state index in [1.165, 1.54) is 7.11 Å². The molecule has 0 saturated carbocycles. The van der Waals surface area contributed by atoms with Crippen LogP contribution in [-0.2, 0) is 9.53 Å². The molecule has 1 aromatic rings. The molecule has 0 spiro atoms. The van der Waals surface area contributed by atoms with Crippen LogP contribution in [0.4, 0.5) is 0 Å². The van der Waals surface area contributed by atoms with Gasteiger partial charge in [0, 0.05) is 20.1 Å². The number of carbonyl (C=O) groups excluding carboxylic acids is 1. The molecule has 0 aliphatic carbocycles. The number of hydrogen-bond donors (Lipinski definition) is 2. The van der Waals surface area contributed by atoms with Crippen molar-refractivity contribution >= 4 is 23.5 Å². The summed E-state index contributed by atoms with van der Waals surface area (Å²) in [6.07, 6.45) is 0.195. The van der Waals surface area contributed by atoms with E-state index in [1.54, 1.807) is 18.2 Å². The summed E-state index contributed by atoms with van der Waals surface area (Å²) in [6.45, 7) is 2.10. The molecule has 104 valence electrons. The van der Waals surface area contributed by atoms with Crippen molar-refractivity contribution in [3.8, 4) is 0 Å². The van der Waals surface area contributed by atoms with Crippen LogP contribution in [0.1, 0.15) is 22.3 Å². The summed E-state index contributed by atoms with van der Waals surface area (Å²) in [6, 6.07) is 3.97. The van der Waals surface area contributed by atoms with E-state index in [9.17, 15) is 9.59 Å². The average molecular weight is 286 g/mol. The van der Waals surface area contributed by atoms with E-state index in [0.29, 0.717) is 5.02 Å². The van der Waals surface area contributed by atoms with Gasteiger partial charge < -0.3 is 15.2 Å². The van der Waals surface area contributed by atoms with Gasteiger partial charge >= 0.3 is 5.97 Å². The number of benzene rings is 1. The first-order chi connectivity index (χ1) is 8.95. The van der Waals surface area contributed by atoms with Crippen LogP contribution in [0.2, 0.25) is 5.02 Å². The zero-order chi connectivity index (χ0) is 14.4. The Kier molecular flexibility index (Phi) is 5.79. The molecule has 0 radical (unpaired) electrons. The summed E-state index contributed by atoms with van der Waals surface area (Å²) in [7, 11) is 1.47. The first-order valence-corrected chi connectivity index (χ1v) is 6.12. The SMILES string of the molecule is COCCC(NC(=O)c1ccc(C)cc1Cl)C(=O)O. The molecule has 2 N–H and O–H groups in total. The molecule has 6 heteroatoms. The number of carbonyl (C=O) groups is 2. The molecule has 1 atom stereocenters. The summed E-state index contributed by atoms with van der Waals surface area (Å²) >= 11 is 5.96. The van der Waals surface area contributed by atoms with E-state index in [-0.39, 0.29) is 18.6 Å². The number of ether oxygens (including phenoxy) is 1. The summed E-state index contributed by atoms with van der Waals surface area (Å²) < 4.78 is 4.81. The van der Waals surface area contributed by atoms with Gasteiger partial charge in [0.1, 0.15) is 6.04 Å². The van der Waals surface area contributed by atoms with Crippen molar-refractivity contribution in [2.24, 2.45) is 0 Å². The average Bonchev–Trinajstić information content (AvgIpc) is 2.33. The molecular weight excluding hydrogens is 270 g/mol. The van der Waals surface area contributed by atoms with Crippen molar-refractivity contribution < 1.29 is 19.4 Å². The van der Waals surface area contributed by atoms with Gasteiger partial charge in [-0.25, -0.2) is 4.79 Å². The predicted octanol–water partition coefficient (Wildman–Crippen LogP) is 1.87. The highest BCUT2D eigenvalue weighted by Gasteiger charge is 2.21. The van der Waals surface area contributed by atoms with E-state index in [1.807, 2.05) is 6.92 Å². The molecule has 1 amide bonds. The van der Waals surface area contributed by atoms with Crippen LogP contribution in [0.5, 0.6) is 0 Å². The van der Waals surface area contributed by atoms with Gasteiger partial charge in [0.05, 0.1) is 10.6 Å². The van der Waals surface area contributed by atoms with E-state index in [4.69, 9.17) is 21.4 Å². The Bertz CT molecular complexity index is 476. The lowest BCUT2D eigenvalue weighted by Crippen LogP contribution is -2.41. The maximum atomic E-state index is 12.0. The number of amides is 1. The fourth-order valence-electron chi connectivity index (χ4n) is 1.53. The van der Waals surface area contributed by atoms with Crippen LogP contribution in [0.25, 0.3) is 0 Å². The third kappa shape index (κ3) is 4.54. The standard InChI is InChI=1S/C13H16ClNO4/c1-8-3-4-9(10(14)7-8)12(16)15-11(13(17)18)5-6-19-2/h3-4,7,11H,5-6H2,1-2H3,(H,15,16)(H,17,18). The number of halogens is 1. The monoisotopic (exact) mass is 285 g/mol. The van der Waals surface area contributed by atoms with Crippen molar-refractivity contribution in [3.63, 3.8) is 0 Å². The Morgan fingerprint density at radius 2 is 2.16 bits per heavy atom. The van der Waals surface area contributed by atoms with E-state index < -0.39 is 17.9 Å². The van der Waals surface area contributed by atoms with Crippen molar-refractivity contribution in [2.75, 3.05) is 13.7 Å². The number of aliphatic carboxylic acids is 1. The second-order valence-electron chi connectivity index (χ2n) is 4.13. The molecule has 1 unspecified atom stereocenters. The van der Waals surface area contributed by atoms with Crippen molar-refractivity contribution in [1.82, 2.24) is 5.32 Å². The lowest BCUT2D eigenvalue weighted by molar-refractivity contribution is -0.139. The van der Waals surface area contributed by atoms with Crippen LogP contribution in [0.3, 0.4) is 0 Å². The first-order valence-electron chi connectivity index (χ1n) is 5.74. The molecule has 5 nitrogen and oxygen atoms in total. The normalized spacial score (nSPS) is 11.9. The number of rotatable bonds is 6. The molecule has 0 saturated heterocycles. The zero-order valence-corrected chi connectivity index (χ0v) is 11.5. The van der Waals surface area contributed by atoms with Gasteiger partial charge in [-0.15, -0.1) is 0 Å². The smallest absolute Gasteiger partial charge is 0.326 e. The highest BCUT2D eigenvalue weighted by atomic mass is 35.5. The quantitative estimate of drug-likeness (QED) is 0.836. The first kappa shape index (κ1) is 15.5. The maximum absolute atomic E-state index is 12.0. The summed E-state index contributed by atoms with van der Waals surface area (Å²) in [4.78, 5) is 23.0. The summed E-state index contributed by atoms with van der Waals surface area (Å²) in [5.74, 6) is -1.61. The van der Waals surface area contributed by atoms with Gasteiger partial charge in [0.2, 0.25) is 0 Å². The Morgan fingerprint density at radius 3 is 2.68 bits per heavy atom. The van der Waals surface area contributed by atoms with Crippen LogP contribution >= 0.6 is 11.6 Å². The lowest BCUT2D eigenvalue weighted by Gasteiger charge is -2.14. The number of methoxy groups -OCH3 is 1. The van der Waals surface area contributed by atoms with E-state index in [2.05, 4.69) is 5.32 Å². The van der Waals surface area contributed by atoms with Gasteiger partial charge in [-0.1, -0.05) is 17.7 Å². The minimum absolute atomic E-state index is 0.195. The Hall–Kier alpha value is -1.59. The fraction of sp³-hybridized carbons (Fsp3) is 0.385. The summed E-state index contributed by atoms with van der Waals surface area (Å²) in [5.41, 5.74) is 1.19. The molecule has 0 fully saturated rings.